The van der Waals surface area contributed by atoms with Crippen molar-refractivity contribution < 1.29 is 13.7 Å². The summed E-state index contributed by atoms with van der Waals surface area (Å²) in [5.74, 6) is 0.651. The van der Waals surface area contributed by atoms with Crippen LogP contribution in [0, 0.1) is 5.82 Å². The van der Waals surface area contributed by atoms with Gasteiger partial charge in [-0.1, -0.05) is 17.3 Å². The Morgan fingerprint density at radius 1 is 1.13 bits per heavy atom. The number of anilines is 1. The Kier molecular flexibility index (Phi) is 5.38. The van der Waals surface area contributed by atoms with E-state index >= 15 is 0 Å². The summed E-state index contributed by atoms with van der Waals surface area (Å²) in [5.41, 5.74) is 3.00. The van der Waals surface area contributed by atoms with Crippen molar-refractivity contribution in [3.8, 4) is 11.1 Å². The molecule has 4 aromatic rings. The smallest absolute Gasteiger partial charge is 0.230 e. The molecular weight excluding hydrogens is 385 g/mol. The SMILES string of the molecule is CNc1ncnc2ccc(-c3ccc(F)c(CN(C)C(=O)Cc4ccno4)c3)cc12. The van der Waals surface area contributed by atoms with Crippen LogP contribution in [0.2, 0.25) is 0 Å². The van der Waals surface area contributed by atoms with E-state index < -0.39 is 0 Å². The molecule has 152 valence electrons. The maximum Gasteiger partial charge on any atom is 0.230 e. The fourth-order valence-electron chi connectivity index (χ4n) is 3.27. The van der Waals surface area contributed by atoms with E-state index in [1.807, 2.05) is 18.2 Å². The van der Waals surface area contributed by atoms with Gasteiger partial charge in [0.2, 0.25) is 5.91 Å². The van der Waals surface area contributed by atoms with Crippen LogP contribution < -0.4 is 5.32 Å². The molecule has 0 unspecified atom stereocenters. The first-order chi connectivity index (χ1) is 14.5. The summed E-state index contributed by atoms with van der Waals surface area (Å²) in [7, 11) is 3.44. The van der Waals surface area contributed by atoms with Crippen molar-refractivity contribution in [2.75, 3.05) is 19.4 Å². The van der Waals surface area contributed by atoms with E-state index in [1.165, 1.54) is 23.5 Å². The Hall–Kier alpha value is -3.81. The third-order valence-corrected chi connectivity index (χ3v) is 4.90. The first-order valence-corrected chi connectivity index (χ1v) is 9.40. The third kappa shape index (κ3) is 3.98. The number of benzene rings is 2. The van der Waals surface area contributed by atoms with Crippen molar-refractivity contribution in [3.63, 3.8) is 0 Å². The maximum absolute atomic E-state index is 14.5. The van der Waals surface area contributed by atoms with Crippen LogP contribution in [-0.4, -0.2) is 40.0 Å². The zero-order valence-corrected chi connectivity index (χ0v) is 16.6. The fraction of sp³-hybridized carbons (Fsp3) is 0.182. The topological polar surface area (TPSA) is 84.2 Å². The van der Waals surface area contributed by atoms with Gasteiger partial charge in [-0.15, -0.1) is 0 Å². The van der Waals surface area contributed by atoms with Gasteiger partial charge in [-0.3, -0.25) is 4.79 Å². The molecule has 0 saturated carbocycles. The van der Waals surface area contributed by atoms with Gasteiger partial charge in [0.15, 0.2) is 0 Å². The lowest BCUT2D eigenvalue weighted by molar-refractivity contribution is -0.130. The number of amides is 1. The van der Waals surface area contributed by atoms with Crippen LogP contribution in [0.25, 0.3) is 22.0 Å². The number of carbonyl (C=O) groups excluding carboxylic acids is 1. The molecule has 0 spiro atoms. The van der Waals surface area contributed by atoms with E-state index in [0.717, 1.165) is 27.8 Å². The fourth-order valence-corrected chi connectivity index (χ4v) is 3.27. The second-order valence-electron chi connectivity index (χ2n) is 6.92. The zero-order chi connectivity index (χ0) is 21.1. The van der Waals surface area contributed by atoms with Crippen LogP contribution in [0.4, 0.5) is 10.2 Å². The van der Waals surface area contributed by atoms with E-state index in [9.17, 15) is 9.18 Å². The van der Waals surface area contributed by atoms with Crippen LogP contribution in [0.3, 0.4) is 0 Å². The lowest BCUT2D eigenvalue weighted by atomic mass is 10.0. The van der Waals surface area contributed by atoms with Crippen molar-refractivity contribution >= 4 is 22.6 Å². The van der Waals surface area contributed by atoms with Gasteiger partial charge < -0.3 is 14.7 Å². The molecule has 0 aliphatic carbocycles. The van der Waals surface area contributed by atoms with Crippen molar-refractivity contribution in [2.24, 2.45) is 0 Å². The van der Waals surface area contributed by atoms with E-state index in [0.29, 0.717) is 11.3 Å². The lowest BCUT2D eigenvalue weighted by Crippen LogP contribution is -2.28. The van der Waals surface area contributed by atoms with E-state index in [1.54, 1.807) is 32.3 Å². The van der Waals surface area contributed by atoms with Gasteiger partial charge in [0.1, 0.15) is 23.7 Å². The number of nitrogens with one attached hydrogen (secondary N) is 1. The van der Waals surface area contributed by atoms with Gasteiger partial charge in [-0.25, -0.2) is 14.4 Å². The molecule has 2 aromatic heterocycles. The van der Waals surface area contributed by atoms with Crippen molar-refractivity contribution in [3.05, 3.63) is 72.1 Å². The highest BCUT2D eigenvalue weighted by molar-refractivity contribution is 5.92. The first-order valence-electron chi connectivity index (χ1n) is 9.40. The number of carbonyl (C=O) groups is 1. The van der Waals surface area contributed by atoms with Crippen LogP contribution in [-0.2, 0) is 17.8 Å². The minimum atomic E-state index is -0.363. The van der Waals surface area contributed by atoms with E-state index in [-0.39, 0.29) is 24.7 Å². The third-order valence-electron chi connectivity index (χ3n) is 4.90. The molecule has 0 aliphatic rings. The number of likely N-dealkylation sites (N-methyl/N-ethyl adjacent to an activating group) is 1. The largest absolute Gasteiger partial charge is 0.373 e. The Morgan fingerprint density at radius 3 is 2.70 bits per heavy atom. The molecule has 0 fully saturated rings. The monoisotopic (exact) mass is 405 g/mol. The average Bonchev–Trinajstić information content (AvgIpc) is 3.27. The molecule has 2 heterocycles. The van der Waals surface area contributed by atoms with E-state index in [2.05, 4.69) is 20.4 Å². The molecule has 2 aromatic carbocycles. The Morgan fingerprint density at radius 2 is 1.93 bits per heavy atom. The summed E-state index contributed by atoms with van der Waals surface area (Å²) in [6.07, 6.45) is 3.07. The van der Waals surface area contributed by atoms with Gasteiger partial charge in [-0.05, 0) is 35.4 Å². The minimum Gasteiger partial charge on any atom is -0.373 e. The Bertz CT molecular complexity index is 1190. The second-order valence-corrected chi connectivity index (χ2v) is 6.92. The number of hydrogen-bond donors (Lipinski definition) is 1. The first kappa shape index (κ1) is 19.5. The molecule has 4 rings (SSSR count). The molecule has 7 nitrogen and oxygen atoms in total. The minimum absolute atomic E-state index is 0.0786. The van der Waals surface area contributed by atoms with Crippen LogP contribution >= 0.6 is 0 Å². The highest BCUT2D eigenvalue weighted by Gasteiger charge is 2.15. The summed E-state index contributed by atoms with van der Waals surface area (Å²) in [6.45, 7) is 0.144. The summed E-state index contributed by atoms with van der Waals surface area (Å²) in [4.78, 5) is 22.4. The predicted molar refractivity (Wildman–Crippen MR) is 111 cm³/mol. The lowest BCUT2D eigenvalue weighted by Gasteiger charge is -2.18. The van der Waals surface area contributed by atoms with Gasteiger partial charge >= 0.3 is 0 Å². The Labute approximate surface area is 172 Å². The van der Waals surface area contributed by atoms with Crippen molar-refractivity contribution in [1.29, 1.82) is 0 Å². The van der Waals surface area contributed by atoms with Crippen molar-refractivity contribution in [2.45, 2.75) is 13.0 Å². The molecule has 0 bridgehead atoms. The zero-order valence-electron chi connectivity index (χ0n) is 16.6. The highest BCUT2D eigenvalue weighted by atomic mass is 19.1. The molecule has 30 heavy (non-hydrogen) atoms. The molecule has 0 aliphatic heterocycles. The summed E-state index contributed by atoms with van der Waals surface area (Å²) < 4.78 is 19.4. The van der Waals surface area contributed by atoms with Gasteiger partial charge in [0, 0.05) is 37.7 Å². The number of rotatable bonds is 6. The highest BCUT2D eigenvalue weighted by Crippen LogP contribution is 2.28. The maximum atomic E-state index is 14.5. The van der Waals surface area contributed by atoms with Crippen LogP contribution in [0.1, 0.15) is 11.3 Å². The van der Waals surface area contributed by atoms with Gasteiger partial charge in [-0.2, -0.15) is 0 Å². The molecular formula is C22H20FN5O2. The van der Waals surface area contributed by atoms with Gasteiger partial charge in [0.25, 0.3) is 0 Å². The number of aromatic nitrogens is 3. The summed E-state index contributed by atoms with van der Waals surface area (Å²) in [5, 5.41) is 7.53. The molecule has 0 saturated heterocycles. The number of nitrogens with zero attached hydrogens (tertiary/aromatic N) is 4. The van der Waals surface area contributed by atoms with Gasteiger partial charge in [0.05, 0.1) is 18.1 Å². The summed E-state index contributed by atoms with van der Waals surface area (Å²) in [6, 6.07) is 12.3. The Balaban J connectivity index is 1.60. The quantitative estimate of drug-likeness (QED) is 0.527. The normalized spacial score (nSPS) is 10.9. The number of fused-ring (bicyclic) bond motifs is 1. The second kappa shape index (κ2) is 8.28. The van der Waals surface area contributed by atoms with E-state index in [4.69, 9.17) is 4.52 Å². The van der Waals surface area contributed by atoms with Crippen LogP contribution in [0.5, 0.6) is 0 Å². The molecule has 8 heteroatoms. The number of hydrogen-bond acceptors (Lipinski definition) is 6. The van der Waals surface area contributed by atoms with Crippen LogP contribution in [0.15, 0.2) is 59.5 Å². The molecule has 0 radical (unpaired) electrons. The molecule has 0 atom stereocenters. The van der Waals surface area contributed by atoms with Crippen molar-refractivity contribution in [1.82, 2.24) is 20.0 Å². The standard InChI is InChI=1S/C22H20FN5O2/c1-24-22-18-10-15(4-6-20(18)25-13-26-22)14-3-5-19(23)16(9-14)12-28(2)21(29)11-17-7-8-27-30-17/h3-10,13H,11-12H2,1-2H3,(H,24,25,26). The number of halogens is 1. The summed E-state index contributed by atoms with van der Waals surface area (Å²) >= 11 is 0. The molecule has 1 N–H and O–H groups in total. The molecule has 1 amide bonds. The average molecular weight is 405 g/mol. The predicted octanol–water partition coefficient (Wildman–Crippen LogP) is 3.67.